The molecule has 67 heavy (non-hydrogen) atoms. The summed E-state index contributed by atoms with van der Waals surface area (Å²) >= 11 is 0. The molecule has 0 unspecified atom stereocenters. The van der Waals surface area contributed by atoms with Crippen LogP contribution in [0.25, 0.3) is 0 Å². The summed E-state index contributed by atoms with van der Waals surface area (Å²) in [4.78, 5) is 118. The van der Waals surface area contributed by atoms with E-state index in [1.807, 2.05) is 14.1 Å². The number of anilines is 1. The summed E-state index contributed by atoms with van der Waals surface area (Å²) in [6.45, 7) is 0.938. The zero-order valence-electron chi connectivity index (χ0n) is 39.9. The molecule has 5 aromatic heterocycles. The maximum Gasteiger partial charge on any atom is 0.202 e. The van der Waals surface area contributed by atoms with Crippen LogP contribution in [-0.2, 0) is 75.3 Å². The van der Waals surface area contributed by atoms with Crippen LogP contribution in [0.4, 0.5) is 5.82 Å². The van der Waals surface area contributed by atoms with E-state index >= 15 is 0 Å². The van der Waals surface area contributed by atoms with Crippen molar-refractivity contribution in [1.29, 1.82) is 0 Å². The molecule has 0 amide bonds. The van der Waals surface area contributed by atoms with Crippen molar-refractivity contribution in [2.24, 2.45) is 35.2 Å². The fraction of sp³-hybridized carbons (Fsp3) is 0.490. The van der Waals surface area contributed by atoms with Crippen molar-refractivity contribution in [3.63, 3.8) is 0 Å². The van der Waals surface area contributed by atoms with Crippen molar-refractivity contribution < 1.29 is 38.4 Å². The van der Waals surface area contributed by atoms with E-state index in [0.717, 1.165) is 19.4 Å². The molecule has 18 heteroatoms. The van der Waals surface area contributed by atoms with E-state index in [9.17, 15) is 38.4 Å². The van der Waals surface area contributed by atoms with Crippen molar-refractivity contribution in [1.82, 2.24) is 42.7 Å². The lowest BCUT2D eigenvalue weighted by molar-refractivity contribution is -0.119. The van der Waals surface area contributed by atoms with Crippen molar-refractivity contribution in [2.45, 2.75) is 103 Å². The Kier molecular flexibility index (Phi) is 18.1. The summed E-state index contributed by atoms with van der Waals surface area (Å²) in [5.74, 6) is -0.147. The van der Waals surface area contributed by atoms with E-state index < -0.39 is 0 Å². The van der Waals surface area contributed by atoms with E-state index in [1.165, 1.54) is 0 Å². The van der Waals surface area contributed by atoms with Crippen LogP contribution in [0.1, 0.15) is 152 Å². The summed E-state index contributed by atoms with van der Waals surface area (Å²) < 4.78 is 8.08. The molecule has 5 rings (SSSR count). The summed E-state index contributed by atoms with van der Waals surface area (Å²) in [5.41, 5.74) is 8.75. The van der Waals surface area contributed by atoms with Gasteiger partial charge in [0.1, 0.15) is 23.2 Å². The Balaban J connectivity index is 1.01. The third kappa shape index (κ3) is 14.9. The minimum Gasteiger partial charge on any atom is -0.382 e. The van der Waals surface area contributed by atoms with Gasteiger partial charge in [0.15, 0.2) is 34.8 Å². The predicted molar refractivity (Wildman–Crippen MR) is 250 cm³/mol. The van der Waals surface area contributed by atoms with E-state index in [4.69, 9.17) is 5.73 Å². The average Bonchev–Trinajstić information content (AvgIpc) is 4.07. The number of carbonyl (C=O) groups is 8. The van der Waals surface area contributed by atoms with Gasteiger partial charge in [-0.1, -0.05) is 0 Å². The van der Waals surface area contributed by atoms with Gasteiger partial charge >= 0.3 is 0 Å². The molecule has 2 N–H and O–H groups in total. The second-order valence-electron chi connectivity index (χ2n) is 17.9. The smallest absolute Gasteiger partial charge is 0.202 e. The molecule has 358 valence electrons. The molecular weight excluding hydrogens is 857 g/mol. The maximum absolute atomic E-state index is 13.4. The fourth-order valence-electron chi connectivity index (χ4n) is 8.20. The number of Topliss-reactive ketones (excluding diaryl/α,β-unsaturated/α-hetero) is 8. The number of hydrogen-bond acceptors (Lipinski definition) is 13. The van der Waals surface area contributed by atoms with E-state index in [2.05, 4.69) is 19.9 Å². The molecule has 5 aromatic rings. The van der Waals surface area contributed by atoms with Crippen molar-refractivity contribution in [2.75, 3.05) is 26.4 Å². The van der Waals surface area contributed by atoms with Crippen LogP contribution in [0.2, 0.25) is 0 Å². The highest BCUT2D eigenvalue weighted by Gasteiger charge is 2.22. The highest BCUT2D eigenvalue weighted by atomic mass is 16.2. The zero-order valence-corrected chi connectivity index (χ0v) is 39.9. The topological polar surface area (TPSA) is 229 Å². The Morgan fingerprint density at radius 3 is 1.30 bits per heavy atom. The van der Waals surface area contributed by atoms with Crippen molar-refractivity contribution in [3.8, 4) is 0 Å². The SMILES string of the molecule is CN(C)CCCCC(=O)CCCC(=O)c1nc(CC(=O)CCCC(=O)c2cc(CC(=O)c3nc(CC(=O)CCCC(=O)c4cc(CC(=O)c5nc(N)cn5C)cn4C)cn3C)cn2C)cn1C. The second-order valence-corrected chi connectivity index (χ2v) is 17.9. The number of ketones is 8. The number of carbonyl (C=O) groups excluding carboxylic acids is 8. The maximum atomic E-state index is 13.4. The number of nitrogen functional groups attached to an aromatic ring is 1. The van der Waals surface area contributed by atoms with E-state index in [-0.39, 0.29) is 127 Å². The van der Waals surface area contributed by atoms with E-state index in [0.29, 0.717) is 66.0 Å². The molecule has 0 radical (unpaired) electrons. The number of nitrogens with zero attached hydrogens (tertiary/aromatic N) is 9. The summed E-state index contributed by atoms with van der Waals surface area (Å²) in [6.07, 6.45) is 12.9. The normalized spacial score (nSPS) is 11.4. The first-order valence-corrected chi connectivity index (χ1v) is 22.8. The molecule has 0 bridgehead atoms. The molecule has 0 saturated carbocycles. The van der Waals surface area contributed by atoms with Crippen LogP contribution in [0.3, 0.4) is 0 Å². The first-order valence-electron chi connectivity index (χ1n) is 22.8. The number of aryl methyl sites for hydroxylation is 5. The number of unbranched alkanes of at least 4 members (excludes halogenated alkanes) is 1. The van der Waals surface area contributed by atoms with Crippen molar-refractivity contribution >= 4 is 52.1 Å². The van der Waals surface area contributed by atoms with Gasteiger partial charge < -0.3 is 33.5 Å². The monoisotopic (exact) mass is 920 g/mol. The highest BCUT2D eigenvalue weighted by Crippen LogP contribution is 2.18. The zero-order chi connectivity index (χ0) is 48.9. The number of hydrogen-bond donors (Lipinski definition) is 1. The van der Waals surface area contributed by atoms with Gasteiger partial charge in [-0.2, -0.15) is 0 Å². The lowest BCUT2D eigenvalue weighted by atomic mass is 10.1. The van der Waals surface area contributed by atoms with Crippen LogP contribution in [0, 0.1) is 0 Å². The van der Waals surface area contributed by atoms with Gasteiger partial charge in [0.2, 0.25) is 11.6 Å². The van der Waals surface area contributed by atoms with Crippen LogP contribution in [-0.4, -0.2) is 110 Å². The quantitative estimate of drug-likeness (QED) is 0.0474. The highest BCUT2D eigenvalue weighted by molar-refractivity contribution is 5.99. The Labute approximate surface area is 390 Å². The van der Waals surface area contributed by atoms with Crippen LogP contribution >= 0.6 is 0 Å². The van der Waals surface area contributed by atoms with Gasteiger partial charge in [0, 0.05) is 124 Å². The Hall–Kier alpha value is -6.69. The van der Waals surface area contributed by atoms with Gasteiger partial charge in [-0.15, -0.1) is 0 Å². The van der Waals surface area contributed by atoms with Gasteiger partial charge in [-0.25, -0.2) is 15.0 Å². The lowest BCUT2D eigenvalue weighted by Gasteiger charge is -2.08. The van der Waals surface area contributed by atoms with Crippen molar-refractivity contribution in [3.05, 3.63) is 94.5 Å². The molecule has 0 aliphatic rings. The van der Waals surface area contributed by atoms with Crippen LogP contribution < -0.4 is 5.73 Å². The largest absolute Gasteiger partial charge is 0.382 e. The predicted octanol–water partition coefficient (Wildman–Crippen LogP) is 4.98. The minimum atomic E-state index is -0.286. The molecule has 0 aliphatic heterocycles. The van der Waals surface area contributed by atoms with Crippen LogP contribution in [0.5, 0.6) is 0 Å². The van der Waals surface area contributed by atoms with E-state index in [1.54, 1.807) is 101 Å². The third-order valence-electron chi connectivity index (χ3n) is 11.6. The molecule has 0 saturated heterocycles. The van der Waals surface area contributed by atoms with Gasteiger partial charge in [0.05, 0.1) is 35.6 Å². The Bertz CT molecular complexity index is 2630. The lowest BCUT2D eigenvalue weighted by Crippen LogP contribution is -2.13. The standard InChI is InChI=1S/C49H64N10O8/c1-54(2)20-9-8-13-36(60)14-10-19-43(65)47-51-34(29-57(47)5)25-37(61)15-11-17-41(63)39-21-32(27-55(39)3)23-44(66)48-52-35(30-58(48)6)26-38(62)16-12-18-42(64)40-22-33(28-56(40)4)24-45(67)49-53-46(50)31-59(49)7/h21-22,27-31H,8-20,23-26,50H2,1-7H3. The molecule has 0 spiro atoms. The molecule has 5 heterocycles. The van der Waals surface area contributed by atoms with Gasteiger partial charge in [-0.3, -0.25) is 38.4 Å². The minimum absolute atomic E-state index is 0.000702. The number of imidazole rings is 3. The van der Waals surface area contributed by atoms with Crippen LogP contribution in [0.15, 0.2) is 43.1 Å². The summed E-state index contributed by atoms with van der Waals surface area (Å²) in [6, 6.07) is 3.35. The average molecular weight is 921 g/mol. The molecule has 0 aromatic carbocycles. The number of rotatable bonds is 30. The first-order chi connectivity index (χ1) is 31.8. The first kappa shape index (κ1) is 51.3. The molecule has 0 fully saturated rings. The Morgan fingerprint density at radius 1 is 0.448 bits per heavy atom. The number of nitrogens with two attached hydrogens (primary N) is 1. The fourth-order valence-corrected chi connectivity index (χ4v) is 8.20. The van der Waals surface area contributed by atoms with Gasteiger partial charge in [0.25, 0.3) is 0 Å². The molecule has 0 aliphatic carbocycles. The molecule has 18 nitrogen and oxygen atoms in total. The summed E-state index contributed by atoms with van der Waals surface area (Å²) in [5, 5.41) is 0. The second kappa shape index (κ2) is 23.7. The van der Waals surface area contributed by atoms with Gasteiger partial charge in [-0.05, 0) is 76.0 Å². The molecular formula is C49H64N10O8. The third-order valence-corrected chi connectivity index (χ3v) is 11.6. The number of aromatic nitrogens is 8. The Morgan fingerprint density at radius 2 is 0.851 bits per heavy atom. The summed E-state index contributed by atoms with van der Waals surface area (Å²) in [7, 11) is 12.5. The molecule has 0 atom stereocenters.